The summed E-state index contributed by atoms with van der Waals surface area (Å²) in [6.07, 6.45) is 1.72. The van der Waals surface area contributed by atoms with Crippen LogP contribution in [0.25, 0.3) is 0 Å². The molecule has 2 N–H and O–H groups in total. The molecule has 0 aliphatic rings. The number of rotatable bonds is 4. The summed E-state index contributed by atoms with van der Waals surface area (Å²) in [6, 6.07) is 0. The number of nitrogen functional groups attached to an aromatic ring is 1. The van der Waals surface area contributed by atoms with Crippen molar-refractivity contribution in [1.29, 1.82) is 0 Å². The van der Waals surface area contributed by atoms with Crippen molar-refractivity contribution in [2.24, 2.45) is 11.8 Å². The summed E-state index contributed by atoms with van der Waals surface area (Å²) in [5, 5.41) is 0. The molecule has 0 saturated heterocycles. The molecule has 0 radical (unpaired) electrons. The van der Waals surface area contributed by atoms with Crippen LogP contribution in [-0.4, -0.2) is 15.0 Å². The third kappa shape index (κ3) is 4.23. The molecular weight excluding hydrogens is 188 g/mol. The van der Waals surface area contributed by atoms with Crippen LogP contribution in [0.3, 0.4) is 0 Å². The van der Waals surface area contributed by atoms with Crippen molar-refractivity contribution in [2.75, 3.05) is 5.73 Å². The molecule has 0 amide bonds. The Morgan fingerprint density at radius 3 is 1.60 bits per heavy atom. The standard InChI is InChI=1S/C11H20N4/c1-7(2)5-9-13-10(6-8(3)4)15-11(12)14-9/h7-8H,5-6H2,1-4H3,(H2,12,13,14,15). The van der Waals surface area contributed by atoms with E-state index in [1.807, 2.05) is 0 Å². The van der Waals surface area contributed by atoms with Crippen LogP contribution < -0.4 is 5.73 Å². The highest BCUT2D eigenvalue weighted by molar-refractivity contribution is 5.16. The van der Waals surface area contributed by atoms with Crippen LogP contribution in [0.5, 0.6) is 0 Å². The van der Waals surface area contributed by atoms with E-state index in [-0.39, 0.29) is 0 Å². The van der Waals surface area contributed by atoms with Crippen molar-refractivity contribution >= 4 is 5.95 Å². The Morgan fingerprint density at radius 1 is 0.867 bits per heavy atom. The van der Waals surface area contributed by atoms with E-state index < -0.39 is 0 Å². The van der Waals surface area contributed by atoms with Crippen LogP contribution in [0, 0.1) is 11.8 Å². The molecule has 0 saturated carbocycles. The van der Waals surface area contributed by atoms with Crippen LogP contribution in [-0.2, 0) is 12.8 Å². The molecule has 4 heteroatoms. The molecule has 0 atom stereocenters. The molecule has 4 nitrogen and oxygen atoms in total. The van der Waals surface area contributed by atoms with E-state index in [4.69, 9.17) is 5.73 Å². The first-order valence-electron chi connectivity index (χ1n) is 5.46. The molecule has 1 aromatic rings. The van der Waals surface area contributed by atoms with Crippen molar-refractivity contribution in [2.45, 2.75) is 40.5 Å². The van der Waals surface area contributed by atoms with Gasteiger partial charge in [-0.3, -0.25) is 0 Å². The molecule has 15 heavy (non-hydrogen) atoms. The Balaban J connectivity index is 2.84. The summed E-state index contributed by atoms with van der Waals surface area (Å²) in [7, 11) is 0. The van der Waals surface area contributed by atoms with Crippen LogP contribution in [0.4, 0.5) is 5.95 Å². The predicted octanol–water partition coefficient (Wildman–Crippen LogP) is 1.85. The molecule has 1 heterocycles. The third-order valence-electron chi connectivity index (χ3n) is 1.93. The molecule has 1 rings (SSSR count). The monoisotopic (exact) mass is 208 g/mol. The summed E-state index contributed by atoms with van der Waals surface area (Å²) in [5.74, 6) is 3.05. The van der Waals surface area contributed by atoms with Gasteiger partial charge in [0, 0.05) is 12.8 Å². The van der Waals surface area contributed by atoms with E-state index in [0.29, 0.717) is 17.8 Å². The van der Waals surface area contributed by atoms with E-state index in [2.05, 4.69) is 42.6 Å². The fourth-order valence-corrected chi connectivity index (χ4v) is 1.40. The molecule has 0 unspecified atom stereocenters. The predicted molar refractivity (Wildman–Crippen MR) is 61.3 cm³/mol. The Bertz CT molecular complexity index is 292. The maximum atomic E-state index is 5.65. The normalized spacial score (nSPS) is 11.3. The van der Waals surface area contributed by atoms with Gasteiger partial charge < -0.3 is 5.73 Å². The second kappa shape index (κ2) is 5.05. The SMILES string of the molecule is CC(C)Cc1nc(N)nc(CC(C)C)n1. The van der Waals surface area contributed by atoms with E-state index in [1.165, 1.54) is 0 Å². The average molecular weight is 208 g/mol. The molecule has 84 valence electrons. The average Bonchev–Trinajstić information content (AvgIpc) is 1.98. The van der Waals surface area contributed by atoms with Crippen molar-refractivity contribution in [3.05, 3.63) is 11.6 Å². The number of nitrogens with two attached hydrogens (primary N) is 1. The Hall–Kier alpha value is -1.19. The quantitative estimate of drug-likeness (QED) is 0.820. The zero-order valence-electron chi connectivity index (χ0n) is 9.99. The van der Waals surface area contributed by atoms with Gasteiger partial charge in [0.25, 0.3) is 0 Å². The lowest BCUT2D eigenvalue weighted by molar-refractivity contribution is 0.589. The molecule has 0 bridgehead atoms. The zero-order valence-corrected chi connectivity index (χ0v) is 9.99. The minimum absolute atomic E-state index is 0.344. The van der Waals surface area contributed by atoms with Gasteiger partial charge >= 0.3 is 0 Å². The topological polar surface area (TPSA) is 64.7 Å². The van der Waals surface area contributed by atoms with Crippen LogP contribution in [0.2, 0.25) is 0 Å². The van der Waals surface area contributed by atoms with E-state index in [1.54, 1.807) is 0 Å². The Morgan fingerprint density at radius 2 is 1.27 bits per heavy atom. The fraction of sp³-hybridized carbons (Fsp3) is 0.727. The smallest absolute Gasteiger partial charge is 0.223 e. The van der Waals surface area contributed by atoms with Gasteiger partial charge in [0.1, 0.15) is 11.6 Å². The molecule has 0 aliphatic heterocycles. The Labute approximate surface area is 91.3 Å². The number of aromatic nitrogens is 3. The summed E-state index contributed by atoms with van der Waals surface area (Å²) in [5.41, 5.74) is 5.65. The molecular formula is C11H20N4. The molecule has 0 fully saturated rings. The van der Waals surface area contributed by atoms with Gasteiger partial charge in [0.15, 0.2) is 0 Å². The van der Waals surface area contributed by atoms with Crippen LogP contribution >= 0.6 is 0 Å². The summed E-state index contributed by atoms with van der Waals surface area (Å²) < 4.78 is 0. The third-order valence-corrected chi connectivity index (χ3v) is 1.93. The first-order chi connectivity index (χ1) is 6.97. The van der Waals surface area contributed by atoms with Crippen LogP contribution in [0.15, 0.2) is 0 Å². The number of anilines is 1. The van der Waals surface area contributed by atoms with Gasteiger partial charge in [-0.15, -0.1) is 0 Å². The van der Waals surface area contributed by atoms with Gasteiger partial charge in [-0.1, -0.05) is 27.7 Å². The zero-order chi connectivity index (χ0) is 11.4. The van der Waals surface area contributed by atoms with Crippen molar-refractivity contribution in [3.63, 3.8) is 0 Å². The largest absolute Gasteiger partial charge is 0.368 e. The van der Waals surface area contributed by atoms with Gasteiger partial charge in [0.05, 0.1) is 0 Å². The minimum atomic E-state index is 0.344. The van der Waals surface area contributed by atoms with Gasteiger partial charge in [-0.05, 0) is 11.8 Å². The highest BCUT2D eigenvalue weighted by Crippen LogP contribution is 2.08. The summed E-state index contributed by atoms with van der Waals surface area (Å²) >= 11 is 0. The lowest BCUT2D eigenvalue weighted by atomic mass is 10.1. The van der Waals surface area contributed by atoms with Crippen molar-refractivity contribution in [1.82, 2.24) is 15.0 Å². The van der Waals surface area contributed by atoms with E-state index in [9.17, 15) is 0 Å². The minimum Gasteiger partial charge on any atom is -0.368 e. The number of hydrogen-bond acceptors (Lipinski definition) is 4. The lowest BCUT2D eigenvalue weighted by Gasteiger charge is -2.07. The van der Waals surface area contributed by atoms with Crippen molar-refractivity contribution in [3.8, 4) is 0 Å². The van der Waals surface area contributed by atoms with E-state index >= 15 is 0 Å². The highest BCUT2D eigenvalue weighted by Gasteiger charge is 2.07. The lowest BCUT2D eigenvalue weighted by Crippen LogP contribution is -2.11. The Kier molecular flexibility index (Phi) is 4.00. The molecule has 0 aliphatic carbocycles. The second-order valence-corrected chi connectivity index (χ2v) is 4.72. The maximum absolute atomic E-state index is 5.65. The first-order valence-corrected chi connectivity index (χ1v) is 5.46. The van der Waals surface area contributed by atoms with Gasteiger partial charge in [-0.2, -0.15) is 9.97 Å². The fourth-order valence-electron chi connectivity index (χ4n) is 1.40. The van der Waals surface area contributed by atoms with Crippen molar-refractivity contribution < 1.29 is 0 Å². The number of nitrogens with zero attached hydrogens (tertiary/aromatic N) is 3. The van der Waals surface area contributed by atoms with Crippen LogP contribution in [0.1, 0.15) is 39.3 Å². The summed E-state index contributed by atoms with van der Waals surface area (Å²) in [4.78, 5) is 12.7. The van der Waals surface area contributed by atoms with E-state index in [0.717, 1.165) is 24.5 Å². The first kappa shape index (κ1) is 11.9. The second-order valence-electron chi connectivity index (χ2n) is 4.72. The van der Waals surface area contributed by atoms with Gasteiger partial charge in [0.2, 0.25) is 5.95 Å². The molecule has 0 aromatic carbocycles. The molecule has 0 spiro atoms. The molecule has 1 aromatic heterocycles. The number of hydrogen-bond donors (Lipinski definition) is 1. The summed E-state index contributed by atoms with van der Waals surface area (Å²) in [6.45, 7) is 8.56. The maximum Gasteiger partial charge on any atom is 0.223 e. The van der Waals surface area contributed by atoms with Gasteiger partial charge in [-0.25, -0.2) is 4.98 Å². The highest BCUT2D eigenvalue weighted by atomic mass is 15.1.